The van der Waals surface area contributed by atoms with Crippen molar-refractivity contribution in [3.8, 4) is 0 Å². The van der Waals surface area contributed by atoms with Gasteiger partial charge >= 0.3 is 0 Å². The summed E-state index contributed by atoms with van der Waals surface area (Å²) in [6.07, 6.45) is 7.28. The van der Waals surface area contributed by atoms with Crippen LogP contribution in [0.25, 0.3) is 0 Å². The maximum atomic E-state index is 12.7. The van der Waals surface area contributed by atoms with Crippen LogP contribution in [0.5, 0.6) is 0 Å². The van der Waals surface area contributed by atoms with Crippen LogP contribution < -0.4 is 0 Å². The summed E-state index contributed by atoms with van der Waals surface area (Å²) in [4.78, 5) is 17.3. The van der Waals surface area contributed by atoms with Crippen molar-refractivity contribution in [3.05, 3.63) is 0 Å². The first kappa shape index (κ1) is 14.8. The van der Waals surface area contributed by atoms with Gasteiger partial charge in [0.1, 0.15) is 0 Å². The van der Waals surface area contributed by atoms with Crippen LogP contribution in [-0.4, -0.2) is 46.4 Å². The minimum absolute atomic E-state index is 0.354. The number of hydrogen-bond donors (Lipinski definition) is 0. The van der Waals surface area contributed by atoms with Gasteiger partial charge in [-0.15, -0.1) is 0 Å². The average molecular weight is 266 g/mol. The van der Waals surface area contributed by atoms with E-state index in [-0.39, 0.29) is 0 Å². The molecule has 0 aromatic carbocycles. The summed E-state index contributed by atoms with van der Waals surface area (Å²) in [6.45, 7) is 9.56. The molecule has 2 aliphatic heterocycles. The number of carbonyl (C=O) groups is 1. The zero-order valence-electron chi connectivity index (χ0n) is 13.1. The SMILES string of the molecule is CC[C@@H]1CC[C@@H](C)N1CC(=O)N1[C@H](C)CCC[C@@H]1C. The number of amides is 1. The van der Waals surface area contributed by atoms with E-state index in [0.717, 1.165) is 0 Å². The Balaban J connectivity index is 1.99. The van der Waals surface area contributed by atoms with Crippen LogP contribution >= 0.6 is 0 Å². The number of nitrogens with zero attached hydrogens (tertiary/aromatic N) is 2. The van der Waals surface area contributed by atoms with Crippen molar-refractivity contribution < 1.29 is 4.79 Å². The monoisotopic (exact) mass is 266 g/mol. The number of rotatable bonds is 3. The topological polar surface area (TPSA) is 23.6 Å². The Morgan fingerprint density at radius 1 is 1.00 bits per heavy atom. The first-order valence-electron chi connectivity index (χ1n) is 8.11. The van der Waals surface area contributed by atoms with Gasteiger partial charge in [0.25, 0.3) is 0 Å². The highest BCUT2D eigenvalue weighted by atomic mass is 16.2. The van der Waals surface area contributed by atoms with Crippen molar-refractivity contribution in [2.75, 3.05) is 6.54 Å². The molecule has 0 spiro atoms. The summed E-state index contributed by atoms with van der Waals surface area (Å²) in [5.41, 5.74) is 0. The van der Waals surface area contributed by atoms with E-state index in [2.05, 4.69) is 37.5 Å². The molecule has 0 aromatic rings. The molecule has 0 N–H and O–H groups in total. The summed E-state index contributed by atoms with van der Waals surface area (Å²) >= 11 is 0. The summed E-state index contributed by atoms with van der Waals surface area (Å²) in [6, 6.07) is 2.04. The first-order chi connectivity index (χ1) is 9.04. The van der Waals surface area contributed by atoms with E-state index < -0.39 is 0 Å². The molecule has 2 rings (SSSR count). The van der Waals surface area contributed by atoms with Crippen LogP contribution in [0, 0.1) is 0 Å². The summed E-state index contributed by atoms with van der Waals surface area (Å²) in [5, 5.41) is 0. The number of hydrogen-bond acceptors (Lipinski definition) is 2. The molecule has 0 unspecified atom stereocenters. The Labute approximate surface area is 118 Å². The first-order valence-corrected chi connectivity index (χ1v) is 8.11. The van der Waals surface area contributed by atoms with Crippen molar-refractivity contribution in [1.29, 1.82) is 0 Å². The lowest BCUT2D eigenvalue weighted by atomic mass is 9.97. The lowest BCUT2D eigenvalue weighted by molar-refractivity contribution is -0.139. The van der Waals surface area contributed by atoms with Crippen molar-refractivity contribution in [3.63, 3.8) is 0 Å². The van der Waals surface area contributed by atoms with Gasteiger partial charge in [-0.1, -0.05) is 6.92 Å². The van der Waals surface area contributed by atoms with E-state index in [1.807, 2.05) is 0 Å². The molecule has 0 bridgehead atoms. The fourth-order valence-electron chi connectivity index (χ4n) is 4.00. The molecular formula is C16H30N2O. The van der Waals surface area contributed by atoms with Gasteiger partial charge in [-0.3, -0.25) is 9.69 Å². The van der Waals surface area contributed by atoms with Gasteiger partial charge in [-0.05, 0) is 59.3 Å². The van der Waals surface area contributed by atoms with Crippen LogP contribution in [0.3, 0.4) is 0 Å². The third kappa shape index (κ3) is 3.13. The summed E-state index contributed by atoms with van der Waals surface area (Å²) < 4.78 is 0. The van der Waals surface area contributed by atoms with E-state index >= 15 is 0 Å². The minimum Gasteiger partial charge on any atom is -0.336 e. The molecule has 2 saturated heterocycles. The normalized spacial score (nSPS) is 36.7. The van der Waals surface area contributed by atoms with Crippen molar-refractivity contribution in [1.82, 2.24) is 9.80 Å². The van der Waals surface area contributed by atoms with Crippen LogP contribution in [0.15, 0.2) is 0 Å². The minimum atomic E-state index is 0.354. The van der Waals surface area contributed by atoms with Crippen LogP contribution in [0.2, 0.25) is 0 Å². The van der Waals surface area contributed by atoms with Crippen molar-refractivity contribution in [2.45, 2.75) is 90.4 Å². The van der Waals surface area contributed by atoms with Gasteiger partial charge in [0, 0.05) is 24.2 Å². The second kappa shape index (κ2) is 6.25. The maximum Gasteiger partial charge on any atom is 0.237 e. The Hall–Kier alpha value is -0.570. The van der Waals surface area contributed by atoms with Gasteiger partial charge < -0.3 is 4.90 Å². The molecule has 3 nitrogen and oxygen atoms in total. The molecule has 0 saturated carbocycles. The molecule has 1 amide bonds. The molecule has 2 fully saturated rings. The highest BCUT2D eigenvalue weighted by Gasteiger charge is 2.34. The van der Waals surface area contributed by atoms with E-state index in [1.165, 1.54) is 38.5 Å². The Kier molecular flexibility index (Phi) is 4.88. The molecule has 19 heavy (non-hydrogen) atoms. The molecule has 110 valence electrons. The fraction of sp³-hybridized carbons (Fsp3) is 0.938. The highest BCUT2D eigenvalue weighted by molar-refractivity contribution is 5.79. The number of piperidine rings is 1. The quantitative estimate of drug-likeness (QED) is 0.784. The van der Waals surface area contributed by atoms with Gasteiger partial charge in [-0.2, -0.15) is 0 Å². The largest absolute Gasteiger partial charge is 0.336 e. The molecule has 2 aliphatic rings. The lowest BCUT2D eigenvalue weighted by Gasteiger charge is -2.40. The maximum absolute atomic E-state index is 12.7. The number of likely N-dealkylation sites (tertiary alicyclic amines) is 2. The highest BCUT2D eigenvalue weighted by Crippen LogP contribution is 2.27. The Bertz CT molecular complexity index is 308. The molecular weight excluding hydrogens is 236 g/mol. The molecule has 2 heterocycles. The van der Waals surface area contributed by atoms with E-state index in [9.17, 15) is 4.79 Å². The van der Waals surface area contributed by atoms with Crippen molar-refractivity contribution in [2.24, 2.45) is 0 Å². The zero-order chi connectivity index (χ0) is 14.0. The molecule has 0 radical (unpaired) electrons. The van der Waals surface area contributed by atoms with Crippen LogP contribution in [-0.2, 0) is 4.79 Å². The summed E-state index contributed by atoms with van der Waals surface area (Å²) in [5.74, 6) is 0.354. The van der Waals surface area contributed by atoms with Crippen molar-refractivity contribution >= 4 is 5.91 Å². The smallest absolute Gasteiger partial charge is 0.237 e. The van der Waals surface area contributed by atoms with Gasteiger partial charge in [0.2, 0.25) is 5.91 Å². The Morgan fingerprint density at radius 3 is 2.21 bits per heavy atom. The predicted octanol–water partition coefficient (Wildman–Crippen LogP) is 3.04. The van der Waals surface area contributed by atoms with Gasteiger partial charge in [0.15, 0.2) is 0 Å². The second-order valence-corrected chi connectivity index (χ2v) is 6.59. The van der Waals surface area contributed by atoms with Crippen LogP contribution in [0.1, 0.15) is 66.2 Å². The molecule has 0 aliphatic carbocycles. The van der Waals surface area contributed by atoms with Gasteiger partial charge in [0.05, 0.1) is 6.54 Å². The van der Waals surface area contributed by atoms with E-state index in [1.54, 1.807) is 0 Å². The molecule has 0 aromatic heterocycles. The average Bonchev–Trinajstić information content (AvgIpc) is 2.70. The van der Waals surface area contributed by atoms with Gasteiger partial charge in [-0.25, -0.2) is 0 Å². The predicted molar refractivity (Wildman–Crippen MR) is 79.1 cm³/mol. The Morgan fingerprint density at radius 2 is 1.63 bits per heavy atom. The third-order valence-electron chi connectivity index (χ3n) is 5.22. The molecule has 4 atom stereocenters. The second-order valence-electron chi connectivity index (χ2n) is 6.59. The lowest BCUT2D eigenvalue weighted by Crippen LogP contribution is -2.52. The zero-order valence-corrected chi connectivity index (χ0v) is 13.1. The number of carbonyl (C=O) groups excluding carboxylic acids is 1. The standard InChI is InChI=1S/C16H30N2O/c1-5-15-10-9-12(2)17(15)11-16(19)18-13(3)7-6-8-14(18)4/h12-15H,5-11H2,1-4H3/t12-,13-,14+,15-/m1/s1. The van der Waals surface area contributed by atoms with Crippen LogP contribution in [0.4, 0.5) is 0 Å². The summed E-state index contributed by atoms with van der Waals surface area (Å²) in [7, 11) is 0. The van der Waals surface area contributed by atoms with E-state index in [0.29, 0.717) is 36.6 Å². The fourth-order valence-corrected chi connectivity index (χ4v) is 4.00. The third-order valence-corrected chi connectivity index (χ3v) is 5.22. The molecule has 3 heteroatoms. The van der Waals surface area contributed by atoms with E-state index in [4.69, 9.17) is 0 Å².